The highest BCUT2D eigenvalue weighted by atomic mass is 35.5. The van der Waals surface area contributed by atoms with E-state index < -0.39 is 0 Å². The smallest absolute Gasteiger partial charge is 0.165 e. The second kappa shape index (κ2) is 5.50. The fraction of sp³-hybridized carbons (Fsp3) is 0. The van der Waals surface area contributed by atoms with Crippen LogP contribution in [0.15, 0.2) is 55.0 Å². The topological polar surface area (TPSA) is 83.5 Å². The molecule has 0 aliphatic carbocycles. The van der Waals surface area contributed by atoms with E-state index >= 15 is 0 Å². The van der Waals surface area contributed by atoms with Crippen molar-refractivity contribution in [2.45, 2.75) is 0 Å². The predicted octanol–water partition coefficient (Wildman–Crippen LogP) is 3.52. The normalized spacial score (nSPS) is 11.0. The maximum Gasteiger partial charge on any atom is 0.165 e. The predicted molar refractivity (Wildman–Crippen MR) is 90.0 cm³/mol. The number of rotatable bonds is 2. The molecule has 2 N–H and O–H groups in total. The van der Waals surface area contributed by atoms with Crippen molar-refractivity contribution >= 4 is 17.1 Å². The maximum absolute atomic E-state index is 10.3. The van der Waals surface area contributed by atoms with Crippen molar-refractivity contribution in [2.24, 2.45) is 0 Å². The number of para-hydroxylation sites is 1. The summed E-state index contributed by atoms with van der Waals surface area (Å²) in [5.74, 6) is 0.377. The highest BCUT2D eigenvalue weighted by Gasteiger charge is 2.19. The number of hydrogen-bond donors (Lipinski definition) is 2. The molecule has 0 bridgehead atoms. The number of phenolic OH excluding ortho intramolecular Hbond substituents is 1. The molecule has 0 aliphatic rings. The molecule has 1 aromatic carbocycles. The molecule has 4 aromatic rings. The minimum atomic E-state index is -0.0674. The van der Waals surface area contributed by atoms with Crippen LogP contribution < -0.4 is 0 Å². The molecule has 6 nitrogen and oxygen atoms in total. The Balaban J connectivity index is 2.06. The van der Waals surface area contributed by atoms with Crippen LogP contribution in [0.25, 0.3) is 28.2 Å². The van der Waals surface area contributed by atoms with Crippen LogP contribution in [-0.4, -0.2) is 29.8 Å². The summed E-state index contributed by atoms with van der Waals surface area (Å²) >= 11 is 6.01. The monoisotopic (exact) mass is 338 g/mol. The summed E-state index contributed by atoms with van der Waals surface area (Å²) in [6, 6.07) is 10.3. The molecule has 0 atom stereocenters. The van der Waals surface area contributed by atoms with Crippen LogP contribution >= 0.6 is 11.6 Å². The van der Waals surface area contributed by atoms with E-state index in [-0.39, 0.29) is 16.5 Å². The standard InChI is InChI=1S/C17H11ClN4O2/c18-12-4-1-3-11(16(12)24)17-21-15(10-6-8-19-9-14(10)23)13-5-2-7-20-22(13)17/h1-9,23-24H. The van der Waals surface area contributed by atoms with Gasteiger partial charge in [-0.25, -0.2) is 9.50 Å². The van der Waals surface area contributed by atoms with Crippen LogP contribution in [0.2, 0.25) is 5.02 Å². The molecule has 0 fully saturated rings. The summed E-state index contributed by atoms with van der Waals surface area (Å²) in [6.07, 6.45) is 4.55. The fourth-order valence-electron chi connectivity index (χ4n) is 2.59. The Morgan fingerprint density at radius 3 is 2.67 bits per heavy atom. The first-order valence-corrected chi connectivity index (χ1v) is 7.49. The first-order valence-electron chi connectivity index (χ1n) is 7.12. The van der Waals surface area contributed by atoms with E-state index in [0.29, 0.717) is 28.2 Å². The zero-order chi connectivity index (χ0) is 16.7. The van der Waals surface area contributed by atoms with E-state index in [2.05, 4.69) is 15.1 Å². The van der Waals surface area contributed by atoms with Crippen LogP contribution in [0.1, 0.15) is 0 Å². The molecule has 0 radical (unpaired) electrons. The lowest BCUT2D eigenvalue weighted by atomic mass is 10.1. The van der Waals surface area contributed by atoms with Gasteiger partial charge in [-0.15, -0.1) is 0 Å². The minimum Gasteiger partial charge on any atom is -0.506 e. The Kier molecular flexibility index (Phi) is 3.32. The number of fused-ring (bicyclic) bond motifs is 1. The number of pyridine rings is 1. The number of halogens is 1. The molecule has 0 spiro atoms. The number of imidazole rings is 1. The quantitative estimate of drug-likeness (QED) is 0.584. The average molecular weight is 339 g/mol. The summed E-state index contributed by atoms with van der Waals surface area (Å²) in [5.41, 5.74) is 2.21. The van der Waals surface area contributed by atoms with Crippen LogP contribution in [0.5, 0.6) is 11.5 Å². The summed E-state index contributed by atoms with van der Waals surface area (Å²) in [6.45, 7) is 0. The van der Waals surface area contributed by atoms with Crippen LogP contribution in [0.4, 0.5) is 0 Å². The van der Waals surface area contributed by atoms with Gasteiger partial charge in [0.25, 0.3) is 0 Å². The van der Waals surface area contributed by atoms with E-state index in [4.69, 9.17) is 11.6 Å². The highest BCUT2D eigenvalue weighted by Crippen LogP contribution is 2.38. The molecule has 3 aromatic heterocycles. The third-order valence-corrected chi connectivity index (χ3v) is 4.00. The van der Waals surface area contributed by atoms with Gasteiger partial charge < -0.3 is 10.2 Å². The van der Waals surface area contributed by atoms with Gasteiger partial charge in [0.2, 0.25) is 0 Å². The van der Waals surface area contributed by atoms with E-state index in [1.165, 1.54) is 6.20 Å². The van der Waals surface area contributed by atoms with E-state index in [1.54, 1.807) is 47.2 Å². The molecular weight excluding hydrogens is 328 g/mol. The third kappa shape index (κ3) is 2.16. The number of benzene rings is 1. The SMILES string of the molecule is Oc1cnccc1-c1nc(-c2cccc(Cl)c2O)n2ncccc12. The summed E-state index contributed by atoms with van der Waals surface area (Å²) in [4.78, 5) is 8.47. The molecule has 24 heavy (non-hydrogen) atoms. The number of aromatic hydroxyl groups is 2. The number of nitrogens with zero attached hydrogens (tertiary/aromatic N) is 4. The van der Waals surface area contributed by atoms with Gasteiger partial charge >= 0.3 is 0 Å². The summed E-state index contributed by atoms with van der Waals surface area (Å²) in [7, 11) is 0. The molecule has 3 heterocycles. The van der Waals surface area contributed by atoms with Gasteiger partial charge in [0.05, 0.1) is 22.3 Å². The van der Waals surface area contributed by atoms with Crippen molar-refractivity contribution in [1.82, 2.24) is 19.6 Å². The number of phenols is 1. The first kappa shape index (κ1) is 14.5. The van der Waals surface area contributed by atoms with Crippen molar-refractivity contribution in [3.05, 3.63) is 60.0 Å². The molecule has 0 saturated carbocycles. The number of aromatic nitrogens is 4. The van der Waals surface area contributed by atoms with Gasteiger partial charge in [-0.2, -0.15) is 5.10 Å². The Bertz CT molecular complexity index is 1060. The highest BCUT2D eigenvalue weighted by molar-refractivity contribution is 6.32. The van der Waals surface area contributed by atoms with Gasteiger partial charge in [0.1, 0.15) is 17.2 Å². The Labute approximate surface area is 141 Å². The average Bonchev–Trinajstić information content (AvgIpc) is 2.97. The molecule has 4 rings (SSSR count). The molecule has 7 heteroatoms. The maximum atomic E-state index is 10.3. The van der Waals surface area contributed by atoms with Crippen LogP contribution in [0, 0.1) is 0 Å². The lowest BCUT2D eigenvalue weighted by Gasteiger charge is -2.04. The molecular formula is C17H11ClN4O2. The molecule has 0 amide bonds. The summed E-state index contributed by atoms with van der Waals surface area (Å²) in [5, 5.41) is 24.9. The van der Waals surface area contributed by atoms with Crippen molar-refractivity contribution in [1.29, 1.82) is 0 Å². The largest absolute Gasteiger partial charge is 0.506 e. The van der Waals surface area contributed by atoms with Gasteiger partial charge in [-0.1, -0.05) is 17.7 Å². The van der Waals surface area contributed by atoms with Gasteiger partial charge in [-0.05, 0) is 30.3 Å². The van der Waals surface area contributed by atoms with E-state index in [1.807, 2.05) is 6.07 Å². The van der Waals surface area contributed by atoms with Gasteiger partial charge in [-0.3, -0.25) is 4.98 Å². The van der Waals surface area contributed by atoms with Crippen LogP contribution in [0.3, 0.4) is 0 Å². The zero-order valence-corrected chi connectivity index (χ0v) is 13.0. The molecule has 0 unspecified atom stereocenters. The van der Waals surface area contributed by atoms with Crippen molar-refractivity contribution in [2.75, 3.05) is 0 Å². The molecule has 118 valence electrons. The second-order valence-corrected chi connectivity index (χ2v) is 5.54. The summed E-state index contributed by atoms with van der Waals surface area (Å²) < 4.78 is 1.60. The minimum absolute atomic E-state index is 0.0169. The Hall–Kier alpha value is -3.12. The van der Waals surface area contributed by atoms with Gasteiger partial charge in [0, 0.05) is 18.0 Å². The van der Waals surface area contributed by atoms with Crippen molar-refractivity contribution < 1.29 is 10.2 Å². The van der Waals surface area contributed by atoms with Crippen LogP contribution in [-0.2, 0) is 0 Å². The second-order valence-electron chi connectivity index (χ2n) is 5.13. The van der Waals surface area contributed by atoms with E-state index in [9.17, 15) is 10.2 Å². The zero-order valence-electron chi connectivity index (χ0n) is 12.3. The lowest BCUT2D eigenvalue weighted by molar-refractivity contribution is 0.474. The van der Waals surface area contributed by atoms with E-state index in [0.717, 1.165) is 0 Å². The first-order chi connectivity index (χ1) is 11.7. The molecule has 0 aliphatic heterocycles. The van der Waals surface area contributed by atoms with Gasteiger partial charge in [0.15, 0.2) is 5.82 Å². The number of hydrogen-bond acceptors (Lipinski definition) is 5. The lowest BCUT2D eigenvalue weighted by Crippen LogP contribution is -1.93. The van der Waals surface area contributed by atoms with Crippen molar-refractivity contribution in [3.8, 4) is 34.1 Å². The Morgan fingerprint density at radius 1 is 0.958 bits per heavy atom. The Morgan fingerprint density at radius 2 is 1.83 bits per heavy atom. The fourth-order valence-corrected chi connectivity index (χ4v) is 2.76. The molecule has 0 saturated heterocycles. The third-order valence-electron chi connectivity index (χ3n) is 3.69. The van der Waals surface area contributed by atoms with Crippen molar-refractivity contribution in [3.63, 3.8) is 0 Å².